The van der Waals surface area contributed by atoms with E-state index in [9.17, 15) is 9.59 Å². The molecule has 0 bridgehead atoms. The molecule has 3 aliphatic heterocycles. The molecule has 3 aliphatic rings. The van der Waals surface area contributed by atoms with E-state index in [2.05, 4.69) is 5.32 Å². The van der Waals surface area contributed by atoms with E-state index in [1.807, 2.05) is 11.0 Å². The molecule has 3 N–H and O–H groups in total. The number of likely N-dealkylation sites (tertiary alicyclic amines) is 1. The van der Waals surface area contributed by atoms with Crippen LogP contribution in [0.1, 0.15) is 45.8 Å². The molecule has 0 aromatic carbocycles. The number of amides is 2. The van der Waals surface area contributed by atoms with Crippen LogP contribution in [0.15, 0.2) is 6.07 Å². The van der Waals surface area contributed by atoms with Crippen molar-refractivity contribution in [2.24, 2.45) is 5.73 Å². The van der Waals surface area contributed by atoms with Crippen molar-refractivity contribution in [3.05, 3.63) is 21.4 Å². The molecule has 148 valence electrons. The molecule has 2 fully saturated rings. The molecule has 7 nitrogen and oxygen atoms in total. The van der Waals surface area contributed by atoms with E-state index in [-0.39, 0.29) is 30.1 Å². The molecule has 1 aromatic rings. The smallest absolute Gasteiger partial charge is 0.261 e. The average Bonchev–Trinajstić information content (AvgIpc) is 3.36. The highest BCUT2D eigenvalue weighted by Crippen LogP contribution is 2.45. The van der Waals surface area contributed by atoms with Crippen molar-refractivity contribution in [2.45, 2.75) is 43.8 Å². The number of nitrogens with two attached hydrogens (primary N) is 1. The monoisotopic (exact) mass is 393 g/mol. The van der Waals surface area contributed by atoms with Crippen molar-refractivity contribution in [3.8, 4) is 0 Å². The second-order valence-electron chi connectivity index (χ2n) is 7.49. The van der Waals surface area contributed by atoms with E-state index < -0.39 is 0 Å². The van der Waals surface area contributed by atoms with E-state index in [4.69, 9.17) is 15.2 Å². The number of thiophene rings is 1. The van der Waals surface area contributed by atoms with E-state index in [1.165, 1.54) is 5.56 Å². The second-order valence-corrected chi connectivity index (χ2v) is 8.54. The Morgan fingerprint density at radius 1 is 1.33 bits per heavy atom. The first kappa shape index (κ1) is 18.9. The van der Waals surface area contributed by atoms with E-state index in [1.54, 1.807) is 11.3 Å². The van der Waals surface area contributed by atoms with Crippen LogP contribution in [0.5, 0.6) is 0 Å². The Hall–Kier alpha value is -1.48. The number of hydrogen-bond donors (Lipinski definition) is 2. The summed E-state index contributed by atoms with van der Waals surface area (Å²) in [7, 11) is 0. The zero-order valence-electron chi connectivity index (χ0n) is 15.5. The highest BCUT2D eigenvalue weighted by Gasteiger charge is 2.43. The van der Waals surface area contributed by atoms with E-state index in [0.29, 0.717) is 26.2 Å². The van der Waals surface area contributed by atoms with Gasteiger partial charge in [0.1, 0.15) is 5.60 Å². The van der Waals surface area contributed by atoms with Gasteiger partial charge in [-0.1, -0.05) is 0 Å². The SMILES string of the molecule is NCC(=O)N1CCC2(CC1)OCCc1cc(C(=O)NCC3CCCO3)sc12. The molecular formula is C19H27N3O4S. The maximum absolute atomic E-state index is 12.6. The molecule has 27 heavy (non-hydrogen) atoms. The van der Waals surface area contributed by atoms with Gasteiger partial charge in [0.25, 0.3) is 5.91 Å². The normalized spacial score (nSPS) is 24.0. The summed E-state index contributed by atoms with van der Waals surface area (Å²) in [4.78, 5) is 28.2. The average molecular weight is 394 g/mol. The van der Waals surface area contributed by atoms with Crippen molar-refractivity contribution in [1.82, 2.24) is 10.2 Å². The number of rotatable bonds is 4. The predicted molar refractivity (Wildman–Crippen MR) is 102 cm³/mol. The van der Waals surface area contributed by atoms with Gasteiger partial charge in [-0.15, -0.1) is 11.3 Å². The van der Waals surface area contributed by atoms with Crippen molar-refractivity contribution in [2.75, 3.05) is 39.4 Å². The van der Waals surface area contributed by atoms with Gasteiger partial charge in [0, 0.05) is 31.1 Å². The van der Waals surface area contributed by atoms with E-state index >= 15 is 0 Å². The van der Waals surface area contributed by atoms with Gasteiger partial charge < -0.3 is 25.4 Å². The summed E-state index contributed by atoms with van der Waals surface area (Å²) in [6, 6.07) is 2.02. The number of ether oxygens (including phenoxy) is 2. The fraction of sp³-hybridized carbons (Fsp3) is 0.684. The topological polar surface area (TPSA) is 93.9 Å². The summed E-state index contributed by atoms with van der Waals surface area (Å²) in [6.45, 7) is 3.36. The minimum Gasteiger partial charge on any atom is -0.376 e. The Kier molecular flexibility index (Phi) is 5.50. The highest BCUT2D eigenvalue weighted by atomic mass is 32.1. The Morgan fingerprint density at radius 2 is 2.15 bits per heavy atom. The fourth-order valence-electron chi connectivity index (χ4n) is 4.25. The third-order valence-electron chi connectivity index (χ3n) is 5.81. The number of carbonyl (C=O) groups is 2. The second kappa shape index (κ2) is 7.87. The van der Waals surface area contributed by atoms with Crippen LogP contribution in [-0.4, -0.2) is 62.2 Å². The van der Waals surface area contributed by atoms with Crippen LogP contribution >= 0.6 is 11.3 Å². The van der Waals surface area contributed by atoms with Crippen LogP contribution in [0.4, 0.5) is 0 Å². The minimum atomic E-state index is -0.364. The number of carbonyl (C=O) groups excluding carboxylic acids is 2. The van der Waals surface area contributed by atoms with Crippen LogP contribution < -0.4 is 11.1 Å². The molecule has 2 amide bonds. The van der Waals surface area contributed by atoms with Gasteiger partial charge in [0.15, 0.2) is 0 Å². The highest BCUT2D eigenvalue weighted by molar-refractivity contribution is 7.14. The van der Waals surface area contributed by atoms with Crippen LogP contribution in [0, 0.1) is 0 Å². The molecule has 1 unspecified atom stereocenters. The van der Waals surface area contributed by atoms with Gasteiger partial charge >= 0.3 is 0 Å². The van der Waals surface area contributed by atoms with Crippen LogP contribution in [-0.2, 0) is 26.3 Å². The zero-order valence-corrected chi connectivity index (χ0v) is 16.3. The maximum Gasteiger partial charge on any atom is 0.261 e. The lowest BCUT2D eigenvalue weighted by Crippen LogP contribution is -2.49. The summed E-state index contributed by atoms with van der Waals surface area (Å²) in [5.41, 5.74) is 6.34. The molecule has 0 aliphatic carbocycles. The van der Waals surface area contributed by atoms with E-state index in [0.717, 1.165) is 48.5 Å². The molecule has 0 saturated carbocycles. The number of hydrogen-bond acceptors (Lipinski definition) is 6. The first-order valence-electron chi connectivity index (χ1n) is 9.76. The molecule has 4 rings (SSSR count). The Bertz CT molecular complexity index is 706. The van der Waals surface area contributed by atoms with Gasteiger partial charge in [-0.2, -0.15) is 0 Å². The molecule has 4 heterocycles. The number of piperidine rings is 1. The summed E-state index contributed by atoms with van der Waals surface area (Å²) in [5, 5.41) is 3.01. The summed E-state index contributed by atoms with van der Waals surface area (Å²) in [6.07, 6.45) is 4.56. The zero-order chi connectivity index (χ0) is 18.9. The van der Waals surface area contributed by atoms with Crippen LogP contribution in [0.3, 0.4) is 0 Å². The lowest BCUT2D eigenvalue weighted by molar-refractivity contribution is -0.138. The lowest BCUT2D eigenvalue weighted by Gasteiger charge is -2.43. The molecular weight excluding hydrogens is 366 g/mol. The van der Waals surface area contributed by atoms with Gasteiger partial charge in [0.2, 0.25) is 5.91 Å². The molecule has 1 spiro atoms. The predicted octanol–water partition coefficient (Wildman–Crippen LogP) is 1.01. The number of fused-ring (bicyclic) bond motifs is 2. The van der Waals surface area contributed by atoms with Crippen molar-refractivity contribution < 1.29 is 19.1 Å². The Labute approximate surface area is 163 Å². The Morgan fingerprint density at radius 3 is 2.85 bits per heavy atom. The summed E-state index contributed by atoms with van der Waals surface area (Å²) < 4.78 is 11.8. The molecule has 8 heteroatoms. The first-order chi connectivity index (χ1) is 13.1. The third-order valence-corrected chi connectivity index (χ3v) is 7.17. The molecule has 0 radical (unpaired) electrons. The first-order valence-corrected chi connectivity index (χ1v) is 10.6. The fourth-order valence-corrected chi connectivity index (χ4v) is 5.58. The third kappa shape index (κ3) is 3.76. The standard InChI is InChI=1S/C19H27N3O4S/c20-11-16(23)22-6-4-19(5-7-22)17-13(3-9-26-19)10-15(27-17)18(24)21-12-14-2-1-8-25-14/h10,14H,1-9,11-12,20H2,(H,21,24). The number of nitrogens with one attached hydrogen (secondary N) is 1. The van der Waals surface area contributed by atoms with Crippen molar-refractivity contribution >= 4 is 23.2 Å². The van der Waals surface area contributed by atoms with Crippen LogP contribution in [0.2, 0.25) is 0 Å². The number of nitrogens with zero attached hydrogens (tertiary/aromatic N) is 1. The van der Waals surface area contributed by atoms with Crippen molar-refractivity contribution in [3.63, 3.8) is 0 Å². The minimum absolute atomic E-state index is 0.0127. The molecule has 1 aromatic heterocycles. The van der Waals surface area contributed by atoms with Gasteiger partial charge in [0.05, 0.1) is 24.1 Å². The quantitative estimate of drug-likeness (QED) is 0.796. The van der Waals surface area contributed by atoms with Gasteiger partial charge in [-0.3, -0.25) is 9.59 Å². The van der Waals surface area contributed by atoms with Gasteiger partial charge in [-0.05, 0) is 43.7 Å². The lowest BCUT2D eigenvalue weighted by atomic mass is 9.85. The summed E-state index contributed by atoms with van der Waals surface area (Å²) >= 11 is 1.54. The summed E-state index contributed by atoms with van der Waals surface area (Å²) in [5.74, 6) is -0.0444. The molecule has 2 saturated heterocycles. The van der Waals surface area contributed by atoms with Crippen LogP contribution in [0.25, 0.3) is 0 Å². The maximum atomic E-state index is 12.6. The Balaban J connectivity index is 1.45. The van der Waals surface area contributed by atoms with Gasteiger partial charge in [-0.25, -0.2) is 0 Å². The molecule has 1 atom stereocenters. The largest absolute Gasteiger partial charge is 0.376 e. The van der Waals surface area contributed by atoms with Crippen molar-refractivity contribution in [1.29, 1.82) is 0 Å².